The van der Waals surface area contributed by atoms with Crippen LogP contribution in [-0.2, 0) is 0 Å². The maximum Gasteiger partial charge on any atom is 0.138 e. The smallest absolute Gasteiger partial charge is 0.138 e. The second-order valence-corrected chi connectivity index (χ2v) is 9.32. The normalized spacial score (nSPS) is 11.8. The summed E-state index contributed by atoms with van der Waals surface area (Å²) in [5.74, 6) is 0.872. The van der Waals surface area contributed by atoms with E-state index in [1.165, 1.54) is 16.2 Å². The summed E-state index contributed by atoms with van der Waals surface area (Å²) in [5.41, 5.74) is 6.13. The molecule has 0 aliphatic carbocycles. The van der Waals surface area contributed by atoms with Gasteiger partial charge in [-0.2, -0.15) is 0 Å². The second-order valence-electron chi connectivity index (χ2n) is 9.32. The summed E-state index contributed by atoms with van der Waals surface area (Å²) in [7, 11) is 0. The molecule has 0 saturated carbocycles. The Balaban J connectivity index is 1.49. The topological polar surface area (TPSA) is 43.6 Å². The molecule has 37 heavy (non-hydrogen) atoms. The van der Waals surface area contributed by atoms with Gasteiger partial charge in [-0.1, -0.05) is 66.7 Å². The van der Waals surface area contributed by atoms with Crippen LogP contribution in [0.2, 0.25) is 0 Å². The highest BCUT2D eigenvalue weighted by Crippen LogP contribution is 2.41. The fourth-order valence-electron chi connectivity index (χ4n) is 5.64. The van der Waals surface area contributed by atoms with E-state index in [0.717, 1.165) is 55.3 Å². The van der Waals surface area contributed by atoms with Gasteiger partial charge in [0.25, 0.3) is 0 Å². The van der Waals surface area contributed by atoms with Gasteiger partial charge < -0.3 is 0 Å². The largest absolute Gasteiger partial charge is 0.293 e. The van der Waals surface area contributed by atoms with Crippen molar-refractivity contribution >= 4 is 54.4 Å². The van der Waals surface area contributed by atoms with Gasteiger partial charge in [-0.25, -0.2) is 4.98 Å². The first-order valence-corrected chi connectivity index (χ1v) is 12.4. The molecule has 0 bridgehead atoms. The summed E-state index contributed by atoms with van der Waals surface area (Å²) in [4.78, 5) is 14.7. The number of pyridine rings is 3. The van der Waals surface area contributed by atoms with E-state index in [4.69, 9.17) is 9.97 Å². The van der Waals surface area contributed by atoms with Crippen LogP contribution in [0.4, 0.5) is 0 Å². The zero-order chi connectivity index (χ0) is 24.3. The van der Waals surface area contributed by atoms with Gasteiger partial charge in [0, 0.05) is 44.9 Å². The first-order valence-electron chi connectivity index (χ1n) is 12.4. The molecule has 172 valence electrons. The lowest BCUT2D eigenvalue weighted by molar-refractivity contribution is 1.09. The number of nitrogens with zero attached hydrogens (tertiary/aromatic N) is 4. The Hall–Kier alpha value is -5.09. The molecule has 4 aromatic heterocycles. The highest BCUT2D eigenvalue weighted by atomic mass is 15.1. The molecule has 4 aromatic carbocycles. The molecular weight excluding hydrogens is 452 g/mol. The minimum Gasteiger partial charge on any atom is -0.293 e. The van der Waals surface area contributed by atoms with Gasteiger partial charge in [-0.05, 0) is 47.9 Å². The van der Waals surface area contributed by atoms with E-state index in [-0.39, 0.29) is 0 Å². The van der Waals surface area contributed by atoms with Crippen molar-refractivity contribution in [1.29, 1.82) is 0 Å². The van der Waals surface area contributed by atoms with E-state index in [9.17, 15) is 0 Å². The fraction of sp³-hybridized carbons (Fsp3) is 0. The molecule has 4 heterocycles. The molecule has 0 fully saturated rings. The van der Waals surface area contributed by atoms with E-state index in [1.54, 1.807) is 0 Å². The molecule has 0 N–H and O–H groups in total. The quantitative estimate of drug-likeness (QED) is 0.239. The summed E-state index contributed by atoms with van der Waals surface area (Å²) in [6.07, 6.45) is 3.78. The summed E-state index contributed by atoms with van der Waals surface area (Å²) in [6, 6.07) is 37.9. The summed E-state index contributed by atoms with van der Waals surface area (Å²) >= 11 is 0. The molecule has 4 heteroatoms. The Morgan fingerprint density at radius 2 is 1.38 bits per heavy atom. The standard InChI is InChI=1S/C33H20N4/c1-5-14-27-21(9-1)19-22(20-35-27)28-15-7-17-30(36-28)37-29-16-6-4-12-25(29)31-23-10-2-3-11-24(23)32-26(33(31)37)13-8-18-34-32/h1-20H. The number of rotatable bonds is 2. The lowest BCUT2D eigenvalue weighted by atomic mass is 10.00. The monoisotopic (exact) mass is 472 g/mol. The lowest BCUT2D eigenvalue weighted by Gasteiger charge is -2.12. The number of aromatic nitrogens is 4. The van der Waals surface area contributed by atoms with Crippen LogP contribution >= 0.6 is 0 Å². The van der Waals surface area contributed by atoms with Gasteiger partial charge in [0.2, 0.25) is 0 Å². The van der Waals surface area contributed by atoms with Crippen molar-refractivity contribution in [2.75, 3.05) is 0 Å². The predicted octanol–water partition coefficient (Wildman–Crippen LogP) is 8.10. The lowest BCUT2D eigenvalue weighted by Crippen LogP contribution is -1.99. The van der Waals surface area contributed by atoms with Crippen LogP contribution in [0, 0.1) is 0 Å². The number of benzene rings is 4. The van der Waals surface area contributed by atoms with Crippen LogP contribution < -0.4 is 0 Å². The van der Waals surface area contributed by atoms with E-state index in [1.807, 2.05) is 36.7 Å². The molecule has 8 aromatic rings. The fourth-order valence-corrected chi connectivity index (χ4v) is 5.64. The van der Waals surface area contributed by atoms with E-state index < -0.39 is 0 Å². The maximum atomic E-state index is 5.18. The molecular formula is C33H20N4. The first kappa shape index (κ1) is 20.1. The highest BCUT2D eigenvalue weighted by Gasteiger charge is 2.19. The first-order chi connectivity index (χ1) is 18.4. The van der Waals surface area contributed by atoms with Crippen LogP contribution in [-0.4, -0.2) is 19.5 Å². The molecule has 4 nitrogen and oxygen atoms in total. The van der Waals surface area contributed by atoms with Crippen molar-refractivity contribution in [3.05, 3.63) is 122 Å². The van der Waals surface area contributed by atoms with Crippen LogP contribution in [0.1, 0.15) is 0 Å². The zero-order valence-corrected chi connectivity index (χ0v) is 19.8. The molecule has 0 amide bonds. The van der Waals surface area contributed by atoms with Crippen LogP contribution in [0.15, 0.2) is 122 Å². The summed E-state index contributed by atoms with van der Waals surface area (Å²) < 4.78 is 2.29. The minimum atomic E-state index is 0.872. The van der Waals surface area contributed by atoms with Crippen molar-refractivity contribution in [3.8, 4) is 17.1 Å². The Morgan fingerprint density at radius 1 is 0.595 bits per heavy atom. The Morgan fingerprint density at radius 3 is 2.32 bits per heavy atom. The predicted molar refractivity (Wildman–Crippen MR) is 152 cm³/mol. The second kappa shape index (κ2) is 7.70. The summed E-state index contributed by atoms with van der Waals surface area (Å²) in [6.45, 7) is 0. The third-order valence-corrected chi connectivity index (χ3v) is 7.24. The van der Waals surface area contributed by atoms with E-state index in [0.29, 0.717) is 0 Å². The third-order valence-electron chi connectivity index (χ3n) is 7.24. The summed E-state index contributed by atoms with van der Waals surface area (Å²) in [5, 5.41) is 7.02. The number of hydrogen-bond donors (Lipinski definition) is 0. The Bertz CT molecular complexity index is 2160. The van der Waals surface area contributed by atoms with Crippen molar-refractivity contribution in [2.45, 2.75) is 0 Å². The molecule has 0 unspecified atom stereocenters. The minimum absolute atomic E-state index is 0.872. The molecule has 0 aliphatic heterocycles. The van der Waals surface area contributed by atoms with Gasteiger partial charge in [-0.3, -0.25) is 14.5 Å². The van der Waals surface area contributed by atoms with Crippen molar-refractivity contribution in [2.24, 2.45) is 0 Å². The highest BCUT2D eigenvalue weighted by molar-refractivity contribution is 6.31. The zero-order valence-electron chi connectivity index (χ0n) is 19.8. The number of hydrogen-bond acceptors (Lipinski definition) is 3. The van der Waals surface area contributed by atoms with Gasteiger partial charge in [0.15, 0.2) is 0 Å². The molecule has 0 spiro atoms. The molecule has 0 atom stereocenters. The van der Waals surface area contributed by atoms with E-state index in [2.05, 4.69) is 94.5 Å². The molecule has 0 radical (unpaired) electrons. The van der Waals surface area contributed by atoms with Crippen LogP contribution in [0.3, 0.4) is 0 Å². The SMILES string of the molecule is c1cc(-c2cnc3ccccc3c2)nc(-n2c3ccccc3c3c4ccccc4c4ncccc4c32)c1. The van der Waals surface area contributed by atoms with E-state index >= 15 is 0 Å². The van der Waals surface area contributed by atoms with Crippen molar-refractivity contribution < 1.29 is 0 Å². The van der Waals surface area contributed by atoms with Crippen molar-refractivity contribution in [1.82, 2.24) is 19.5 Å². The van der Waals surface area contributed by atoms with Gasteiger partial charge in [0.1, 0.15) is 5.82 Å². The third kappa shape index (κ3) is 2.93. The Labute approximate surface area is 212 Å². The molecule has 0 aliphatic rings. The van der Waals surface area contributed by atoms with Gasteiger partial charge in [0.05, 0.1) is 27.8 Å². The molecule has 0 saturated heterocycles. The van der Waals surface area contributed by atoms with Crippen LogP contribution in [0.5, 0.6) is 0 Å². The maximum absolute atomic E-state index is 5.18. The average molecular weight is 473 g/mol. The van der Waals surface area contributed by atoms with Gasteiger partial charge >= 0.3 is 0 Å². The van der Waals surface area contributed by atoms with Gasteiger partial charge in [-0.15, -0.1) is 0 Å². The van der Waals surface area contributed by atoms with Crippen LogP contribution in [0.25, 0.3) is 71.5 Å². The average Bonchev–Trinajstić information content (AvgIpc) is 3.33. The van der Waals surface area contributed by atoms with Crippen molar-refractivity contribution in [3.63, 3.8) is 0 Å². The Kier molecular flexibility index (Phi) is 4.19. The number of fused-ring (bicyclic) bond motifs is 9. The molecule has 8 rings (SSSR count). The number of para-hydroxylation sites is 2.